The molecule has 0 radical (unpaired) electrons. The van der Waals surface area contributed by atoms with Crippen LogP contribution in [0, 0.1) is 5.92 Å². The number of hydrogen-bond acceptors (Lipinski definition) is 1. The van der Waals surface area contributed by atoms with Gasteiger partial charge in [0.25, 0.3) is 0 Å². The summed E-state index contributed by atoms with van der Waals surface area (Å²) in [6.07, 6.45) is 4.92. The fourth-order valence-electron chi connectivity index (χ4n) is 2.60. The predicted molar refractivity (Wildman–Crippen MR) is 83.6 cm³/mol. The summed E-state index contributed by atoms with van der Waals surface area (Å²) in [5.41, 5.74) is 1.26. The molecular weight excluding hydrogens is 248 g/mol. The average molecular weight is 272 g/mol. The number of aryl methyl sites for hydroxylation is 1. The van der Waals surface area contributed by atoms with Crippen molar-refractivity contribution < 1.29 is 4.79 Å². The average Bonchev–Trinajstić information content (AvgIpc) is 2.88. The molecule has 1 aromatic carbocycles. The molecule has 0 spiro atoms. The smallest absolute Gasteiger partial charge is 0.223 e. The Kier molecular flexibility index (Phi) is 5.22. The van der Waals surface area contributed by atoms with Gasteiger partial charge in [-0.2, -0.15) is 0 Å². The zero-order chi connectivity index (χ0) is 14.4. The first kappa shape index (κ1) is 14.6. The van der Waals surface area contributed by atoms with Gasteiger partial charge in [-0.25, -0.2) is 0 Å². The Morgan fingerprint density at radius 1 is 1.20 bits per heavy atom. The minimum absolute atomic E-state index is 0.169. The molecule has 20 heavy (non-hydrogen) atoms. The Morgan fingerprint density at radius 3 is 2.70 bits per heavy atom. The lowest BCUT2D eigenvalue weighted by Crippen LogP contribution is -2.31. The van der Waals surface area contributed by atoms with Crippen LogP contribution in [0.4, 0.5) is 0 Å². The largest absolute Gasteiger partial charge is 0.356 e. The first-order valence-corrected chi connectivity index (χ1v) is 7.57. The van der Waals surface area contributed by atoms with Gasteiger partial charge < -0.3 is 9.88 Å². The molecule has 1 amide bonds. The van der Waals surface area contributed by atoms with Crippen molar-refractivity contribution in [3.63, 3.8) is 0 Å². The first-order valence-electron chi connectivity index (χ1n) is 7.57. The summed E-state index contributed by atoms with van der Waals surface area (Å²) < 4.78 is 2.25. The van der Waals surface area contributed by atoms with Crippen molar-refractivity contribution in [3.8, 4) is 0 Å². The number of carbonyl (C=O) groups is 1. The molecule has 1 N–H and O–H groups in total. The third-order valence-corrected chi connectivity index (χ3v) is 3.91. The molecule has 3 nitrogen and oxygen atoms in total. The molecule has 1 aromatic heterocycles. The zero-order valence-corrected chi connectivity index (χ0v) is 12.4. The van der Waals surface area contributed by atoms with Crippen LogP contribution in [0.25, 0.3) is 10.9 Å². The van der Waals surface area contributed by atoms with Crippen LogP contribution in [-0.2, 0) is 11.3 Å². The number of amides is 1. The first-order chi connectivity index (χ1) is 9.76. The molecule has 108 valence electrons. The van der Waals surface area contributed by atoms with E-state index in [0.717, 1.165) is 32.4 Å². The van der Waals surface area contributed by atoms with E-state index >= 15 is 0 Å². The number of aromatic nitrogens is 1. The lowest BCUT2D eigenvalue weighted by Gasteiger charge is -2.13. The van der Waals surface area contributed by atoms with E-state index in [9.17, 15) is 4.79 Å². The lowest BCUT2D eigenvalue weighted by atomic mass is 10.0. The number of para-hydroxylation sites is 1. The fourth-order valence-corrected chi connectivity index (χ4v) is 2.60. The summed E-state index contributed by atoms with van der Waals surface area (Å²) in [5, 5.41) is 4.31. The van der Waals surface area contributed by atoms with Crippen molar-refractivity contribution in [2.45, 2.75) is 39.7 Å². The van der Waals surface area contributed by atoms with Gasteiger partial charge in [-0.05, 0) is 36.8 Å². The monoisotopic (exact) mass is 272 g/mol. The summed E-state index contributed by atoms with van der Waals surface area (Å²) in [4.78, 5) is 11.9. The summed E-state index contributed by atoms with van der Waals surface area (Å²) in [5.74, 6) is 0.370. The number of carbonyl (C=O) groups excluding carboxylic acids is 1. The number of rotatable bonds is 7. The molecule has 0 aliphatic heterocycles. The molecule has 0 aliphatic rings. The van der Waals surface area contributed by atoms with E-state index in [1.54, 1.807) is 0 Å². The molecule has 0 saturated carbocycles. The SMILES string of the molecule is CCC(CC)C(=O)NCCCn1ccc2ccccc21. The van der Waals surface area contributed by atoms with E-state index in [1.165, 1.54) is 10.9 Å². The Hall–Kier alpha value is -1.77. The van der Waals surface area contributed by atoms with Crippen molar-refractivity contribution >= 4 is 16.8 Å². The van der Waals surface area contributed by atoms with E-state index in [2.05, 4.69) is 60.3 Å². The standard InChI is InChI=1S/C17H24N2O/c1-3-14(4-2)17(20)18-11-7-12-19-13-10-15-8-5-6-9-16(15)19/h5-6,8-10,13-14H,3-4,7,11-12H2,1-2H3,(H,18,20). The Labute approximate surface area is 121 Å². The van der Waals surface area contributed by atoms with Gasteiger partial charge in [0.05, 0.1) is 0 Å². The molecule has 0 aliphatic carbocycles. The maximum absolute atomic E-state index is 11.9. The van der Waals surface area contributed by atoms with E-state index in [-0.39, 0.29) is 11.8 Å². The summed E-state index contributed by atoms with van der Waals surface area (Å²) in [6.45, 7) is 5.83. The highest BCUT2D eigenvalue weighted by atomic mass is 16.1. The zero-order valence-electron chi connectivity index (χ0n) is 12.4. The molecule has 0 bridgehead atoms. The number of hydrogen-bond donors (Lipinski definition) is 1. The second-order valence-electron chi connectivity index (χ2n) is 5.23. The molecule has 1 heterocycles. The summed E-state index contributed by atoms with van der Waals surface area (Å²) in [7, 11) is 0. The van der Waals surface area contributed by atoms with Gasteiger partial charge in [-0.3, -0.25) is 4.79 Å². The second kappa shape index (κ2) is 7.13. The van der Waals surface area contributed by atoms with Gasteiger partial charge >= 0.3 is 0 Å². The van der Waals surface area contributed by atoms with Crippen LogP contribution in [-0.4, -0.2) is 17.0 Å². The third kappa shape index (κ3) is 3.41. The van der Waals surface area contributed by atoms with Crippen LogP contribution < -0.4 is 5.32 Å². The lowest BCUT2D eigenvalue weighted by molar-refractivity contribution is -0.125. The van der Waals surface area contributed by atoms with Gasteiger partial charge in [-0.1, -0.05) is 32.0 Å². The van der Waals surface area contributed by atoms with E-state index < -0.39 is 0 Å². The quantitative estimate of drug-likeness (QED) is 0.768. The van der Waals surface area contributed by atoms with Crippen LogP contribution >= 0.6 is 0 Å². The molecular formula is C17H24N2O. The van der Waals surface area contributed by atoms with E-state index in [0.29, 0.717) is 0 Å². The highest BCUT2D eigenvalue weighted by molar-refractivity contribution is 5.80. The molecule has 2 aromatic rings. The molecule has 0 fully saturated rings. The van der Waals surface area contributed by atoms with Crippen LogP contribution in [0.5, 0.6) is 0 Å². The minimum atomic E-state index is 0.169. The highest BCUT2D eigenvalue weighted by Gasteiger charge is 2.12. The fraction of sp³-hybridized carbons (Fsp3) is 0.471. The maximum atomic E-state index is 11.9. The van der Waals surface area contributed by atoms with Gasteiger partial charge in [0.2, 0.25) is 5.91 Å². The number of nitrogens with zero attached hydrogens (tertiary/aromatic N) is 1. The van der Waals surface area contributed by atoms with Crippen molar-refractivity contribution in [3.05, 3.63) is 36.5 Å². The third-order valence-electron chi connectivity index (χ3n) is 3.91. The molecule has 2 rings (SSSR count). The van der Waals surface area contributed by atoms with Gasteiger partial charge in [-0.15, -0.1) is 0 Å². The van der Waals surface area contributed by atoms with Crippen molar-refractivity contribution in [2.24, 2.45) is 5.92 Å². The Balaban J connectivity index is 1.80. The van der Waals surface area contributed by atoms with Crippen LogP contribution in [0.3, 0.4) is 0 Å². The number of nitrogens with one attached hydrogen (secondary N) is 1. The van der Waals surface area contributed by atoms with Crippen molar-refractivity contribution in [1.29, 1.82) is 0 Å². The maximum Gasteiger partial charge on any atom is 0.223 e. The molecule has 0 unspecified atom stereocenters. The molecule has 0 saturated heterocycles. The number of fused-ring (bicyclic) bond motifs is 1. The predicted octanol–water partition coefficient (Wildman–Crippen LogP) is 3.58. The topological polar surface area (TPSA) is 34.0 Å². The van der Waals surface area contributed by atoms with E-state index in [1.807, 2.05) is 0 Å². The normalized spacial score (nSPS) is 11.2. The van der Waals surface area contributed by atoms with Crippen LogP contribution in [0.1, 0.15) is 33.1 Å². The minimum Gasteiger partial charge on any atom is -0.356 e. The Bertz CT molecular complexity index is 555. The molecule has 3 heteroatoms. The van der Waals surface area contributed by atoms with Crippen molar-refractivity contribution in [2.75, 3.05) is 6.54 Å². The van der Waals surface area contributed by atoms with Gasteiger partial charge in [0.15, 0.2) is 0 Å². The Morgan fingerprint density at radius 2 is 1.95 bits per heavy atom. The number of benzene rings is 1. The van der Waals surface area contributed by atoms with Crippen LogP contribution in [0.2, 0.25) is 0 Å². The highest BCUT2D eigenvalue weighted by Crippen LogP contribution is 2.15. The summed E-state index contributed by atoms with van der Waals surface area (Å²) >= 11 is 0. The summed E-state index contributed by atoms with van der Waals surface area (Å²) in [6, 6.07) is 10.5. The van der Waals surface area contributed by atoms with Crippen molar-refractivity contribution in [1.82, 2.24) is 9.88 Å². The second-order valence-corrected chi connectivity index (χ2v) is 5.23. The molecule has 0 atom stereocenters. The van der Waals surface area contributed by atoms with Gasteiger partial charge in [0, 0.05) is 30.7 Å². The van der Waals surface area contributed by atoms with E-state index in [4.69, 9.17) is 0 Å². The van der Waals surface area contributed by atoms with Gasteiger partial charge in [0.1, 0.15) is 0 Å². The van der Waals surface area contributed by atoms with Crippen LogP contribution in [0.15, 0.2) is 36.5 Å².